The van der Waals surface area contributed by atoms with Crippen LogP contribution in [0, 0.1) is 0 Å². The van der Waals surface area contributed by atoms with Crippen LogP contribution in [0.1, 0.15) is 85.4 Å². The molecule has 1 fully saturated rings. The standard InChI is InChI=1S/C33H38N6O4/c1-5-12-34-18-30-35-16-27(37-30)21-8-10-25(23(14-21)19-40)26-11-9-22(15-24(26)20-41)28-17-36-31(38-28)29-7-6-13-39(29)32(42)43-33(2,3)4/h8-11,14-17,19-20,29,34H,5-7,12-13,18H2,1-4H3,(H,35,37)(H,36,38)/t29-/m0/s1. The maximum Gasteiger partial charge on any atom is 0.410 e. The Kier molecular flexibility index (Phi) is 8.86. The first-order chi connectivity index (χ1) is 20.7. The molecule has 10 heteroatoms. The van der Waals surface area contributed by atoms with E-state index < -0.39 is 5.60 Å². The highest BCUT2D eigenvalue weighted by Gasteiger charge is 2.34. The number of aldehydes is 2. The first-order valence-corrected chi connectivity index (χ1v) is 14.7. The van der Waals surface area contributed by atoms with Crippen molar-refractivity contribution in [2.75, 3.05) is 13.1 Å². The van der Waals surface area contributed by atoms with Crippen LogP contribution in [-0.4, -0.2) is 62.2 Å². The highest BCUT2D eigenvalue weighted by Crippen LogP contribution is 2.35. The Hall–Kier alpha value is -4.57. The summed E-state index contributed by atoms with van der Waals surface area (Å²) in [5.41, 5.74) is 4.83. The lowest BCUT2D eigenvalue weighted by molar-refractivity contribution is 0.0218. The molecule has 3 heterocycles. The zero-order valence-electron chi connectivity index (χ0n) is 25.1. The summed E-state index contributed by atoms with van der Waals surface area (Å²) in [4.78, 5) is 54.5. The first kappa shape index (κ1) is 29.9. The van der Waals surface area contributed by atoms with Crippen LogP contribution >= 0.6 is 0 Å². The molecule has 0 unspecified atom stereocenters. The van der Waals surface area contributed by atoms with Gasteiger partial charge in [0.05, 0.1) is 36.4 Å². The Morgan fingerprint density at radius 3 is 2.23 bits per heavy atom. The number of carbonyl (C=O) groups is 3. The van der Waals surface area contributed by atoms with E-state index >= 15 is 0 Å². The normalized spacial score (nSPS) is 15.1. The molecule has 1 atom stereocenters. The molecule has 43 heavy (non-hydrogen) atoms. The zero-order valence-corrected chi connectivity index (χ0v) is 25.1. The topological polar surface area (TPSA) is 133 Å². The molecule has 0 bridgehead atoms. The van der Waals surface area contributed by atoms with Crippen molar-refractivity contribution in [1.29, 1.82) is 0 Å². The number of aromatic amines is 2. The number of benzene rings is 2. The molecule has 2 aromatic carbocycles. The molecule has 224 valence electrons. The van der Waals surface area contributed by atoms with Crippen molar-refractivity contribution < 1.29 is 19.1 Å². The van der Waals surface area contributed by atoms with Crippen LogP contribution in [0.2, 0.25) is 0 Å². The summed E-state index contributed by atoms with van der Waals surface area (Å²) in [5.74, 6) is 1.50. The van der Waals surface area contributed by atoms with E-state index in [1.807, 2.05) is 45.0 Å². The second kappa shape index (κ2) is 12.7. The van der Waals surface area contributed by atoms with Gasteiger partial charge in [-0.25, -0.2) is 14.8 Å². The van der Waals surface area contributed by atoms with E-state index in [0.717, 1.165) is 66.7 Å². The third-order valence-corrected chi connectivity index (χ3v) is 7.41. The summed E-state index contributed by atoms with van der Waals surface area (Å²) in [6, 6.07) is 10.9. The van der Waals surface area contributed by atoms with Gasteiger partial charge in [-0.3, -0.25) is 14.5 Å². The zero-order chi connectivity index (χ0) is 30.6. The molecule has 1 aliphatic rings. The fourth-order valence-electron chi connectivity index (χ4n) is 5.37. The van der Waals surface area contributed by atoms with Crippen molar-refractivity contribution >= 4 is 18.7 Å². The number of ether oxygens (including phenoxy) is 1. The van der Waals surface area contributed by atoms with Gasteiger partial charge in [0.2, 0.25) is 0 Å². The highest BCUT2D eigenvalue weighted by molar-refractivity contribution is 5.96. The molecule has 0 spiro atoms. The van der Waals surface area contributed by atoms with E-state index in [-0.39, 0.29) is 12.1 Å². The van der Waals surface area contributed by atoms with Gasteiger partial charge in [0.1, 0.15) is 17.2 Å². The van der Waals surface area contributed by atoms with Crippen molar-refractivity contribution in [2.45, 2.75) is 65.1 Å². The van der Waals surface area contributed by atoms with Crippen LogP contribution in [0.5, 0.6) is 0 Å². The molecule has 4 aromatic rings. The Morgan fingerprint density at radius 1 is 1.00 bits per heavy atom. The molecule has 0 saturated carbocycles. The summed E-state index contributed by atoms with van der Waals surface area (Å²) in [5, 5.41) is 3.32. The van der Waals surface area contributed by atoms with Gasteiger partial charge in [-0.05, 0) is 69.8 Å². The number of likely N-dealkylation sites (tertiary alicyclic amines) is 1. The molecular formula is C33H38N6O4. The number of rotatable bonds is 10. The number of amides is 1. The smallest absolute Gasteiger partial charge is 0.410 e. The van der Waals surface area contributed by atoms with Crippen molar-refractivity contribution in [3.63, 3.8) is 0 Å². The van der Waals surface area contributed by atoms with Crippen molar-refractivity contribution in [2.24, 2.45) is 0 Å². The van der Waals surface area contributed by atoms with E-state index in [1.165, 1.54) is 0 Å². The van der Waals surface area contributed by atoms with Crippen LogP contribution in [0.3, 0.4) is 0 Å². The Bertz CT molecular complexity index is 1620. The van der Waals surface area contributed by atoms with Gasteiger partial charge in [0.25, 0.3) is 0 Å². The number of nitrogens with one attached hydrogen (secondary N) is 3. The van der Waals surface area contributed by atoms with Gasteiger partial charge in [-0.15, -0.1) is 0 Å². The lowest BCUT2D eigenvalue weighted by Gasteiger charge is -2.27. The lowest BCUT2D eigenvalue weighted by Crippen LogP contribution is -2.36. The summed E-state index contributed by atoms with van der Waals surface area (Å²) in [6.07, 6.45) is 7.41. The molecule has 3 N–H and O–H groups in total. The fraction of sp³-hybridized carbons (Fsp3) is 0.364. The number of aromatic nitrogens is 4. The molecule has 2 aromatic heterocycles. The Morgan fingerprint density at radius 2 is 1.63 bits per heavy atom. The van der Waals surface area contributed by atoms with Crippen LogP contribution in [0.25, 0.3) is 33.6 Å². The largest absolute Gasteiger partial charge is 0.444 e. The van der Waals surface area contributed by atoms with Gasteiger partial charge in [-0.1, -0.05) is 31.2 Å². The van der Waals surface area contributed by atoms with Crippen molar-refractivity contribution in [3.05, 3.63) is 71.6 Å². The Balaban J connectivity index is 1.38. The van der Waals surface area contributed by atoms with Crippen LogP contribution < -0.4 is 5.32 Å². The number of hydrogen-bond acceptors (Lipinski definition) is 7. The summed E-state index contributed by atoms with van der Waals surface area (Å²) in [7, 11) is 0. The van der Waals surface area contributed by atoms with Gasteiger partial charge >= 0.3 is 6.09 Å². The number of carbonyl (C=O) groups excluding carboxylic acids is 3. The molecule has 0 radical (unpaired) electrons. The third-order valence-electron chi connectivity index (χ3n) is 7.41. The fourth-order valence-corrected chi connectivity index (χ4v) is 5.37. The maximum absolute atomic E-state index is 12.8. The average Bonchev–Trinajstić information content (AvgIpc) is 3.77. The SMILES string of the molecule is CCCNCc1ncc(-c2ccc(-c3ccc(-c4cnc([C@@H]5CCCN5C(=O)OC(C)(C)C)[nH]4)cc3C=O)c(C=O)c2)[nH]1. The monoisotopic (exact) mass is 582 g/mol. The van der Waals surface area contributed by atoms with Crippen molar-refractivity contribution in [3.8, 4) is 33.6 Å². The quantitative estimate of drug-likeness (QED) is 0.147. The van der Waals surface area contributed by atoms with Gasteiger partial charge < -0.3 is 20.0 Å². The first-order valence-electron chi connectivity index (χ1n) is 14.7. The predicted molar refractivity (Wildman–Crippen MR) is 165 cm³/mol. The number of imidazole rings is 2. The number of hydrogen-bond donors (Lipinski definition) is 3. The van der Waals surface area contributed by atoms with Gasteiger partial charge in [0, 0.05) is 28.8 Å². The second-order valence-electron chi connectivity index (χ2n) is 11.8. The van der Waals surface area contributed by atoms with Crippen LogP contribution in [-0.2, 0) is 11.3 Å². The minimum absolute atomic E-state index is 0.208. The minimum atomic E-state index is -0.580. The number of nitrogens with zero attached hydrogens (tertiary/aromatic N) is 3. The molecular weight excluding hydrogens is 544 g/mol. The molecule has 1 saturated heterocycles. The van der Waals surface area contributed by atoms with Crippen molar-refractivity contribution in [1.82, 2.24) is 30.2 Å². The maximum atomic E-state index is 12.8. The highest BCUT2D eigenvalue weighted by atomic mass is 16.6. The van der Waals surface area contributed by atoms with E-state index in [2.05, 4.69) is 32.2 Å². The van der Waals surface area contributed by atoms with E-state index in [4.69, 9.17) is 4.74 Å². The molecule has 0 aliphatic carbocycles. The minimum Gasteiger partial charge on any atom is -0.444 e. The second-order valence-corrected chi connectivity index (χ2v) is 11.8. The number of H-pyrrole nitrogens is 2. The summed E-state index contributed by atoms with van der Waals surface area (Å²) in [6.45, 7) is 9.82. The molecule has 5 rings (SSSR count). The third kappa shape index (κ3) is 6.75. The van der Waals surface area contributed by atoms with Crippen LogP contribution in [0.4, 0.5) is 4.79 Å². The summed E-state index contributed by atoms with van der Waals surface area (Å²) >= 11 is 0. The van der Waals surface area contributed by atoms with Gasteiger partial charge in [0.15, 0.2) is 12.6 Å². The molecule has 10 nitrogen and oxygen atoms in total. The average molecular weight is 583 g/mol. The molecule has 1 aliphatic heterocycles. The van der Waals surface area contributed by atoms with E-state index in [9.17, 15) is 14.4 Å². The van der Waals surface area contributed by atoms with E-state index in [1.54, 1.807) is 29.4 Å². The predicted octanol–water partition coefficient (Wildman–Crippen LogP) is 6.33. The lowest BCUT2D eigenvalue weighted by atomic mass is 9.93. The Labute approximate surface area is 251 Å². The molecule has 1 amide bonds. The van der Waals surface area contributed by atoms with Gasteiger partial charge in [-0.2, -0.15) is 0 Å². The summed E-state index contributed by atoms with van der Waals surface area (Å²) < 4.78 is 5.59. The van der Waals surface area contributed by atoms with E-state index in [0.29, 0.717) is 41.2 Å². The van der Waals surface area contributed by atoms with Crippen LogP contribution in [0.15, 0.2) is 48.8 Å².